The third-order valence-electron chi connectivity index (χ3n) is 3.93. The predicted octanol–water partition coefficient (Wildman–Crippen LogP) is 3.40. The lowest BCUT2D eigenvalue weighted by Crippen LogP contribution is -1.99. The molecule has 0 aliphatic carbocycles. The summed E-state index contributed by atoms with van der Waals surface area (Å²) in [6.45, 7) is 0. The molecule has 0 amide bonds. The van der Waals surface area contributed by atoms with Gasteiger partial charge in [0.25, 0.3) is 0 Å². The molecule has 0 bridgehead atoms. The van der Waals surface area contributed by atoms with Crippen molar-refractivity contribution in [1.29, 1.82) is 0 Å². The van der Waals surface area contributed by atoms with Crippen LogP contribution in [-0.4, -0.2) is 21.6 Å². The topological polar surface area (TPSA) is 42.7 Å². The normalized spacial score (nSPS) is 17.1. The van der Waals surface area contributed by atoms with Gasteiger partial charge in [0.05, 0.1) is 22.4 Å². The van der Waals surface area contributed by atoms with Crippen molar-refractivity contribution in [3.05, 3.63) is 47.9 Å². The number of pyridine rings is 1. The molecular formula is C16H16N4S. The van der Waals surface area contributed by atoms with Crippen LogP contribution in [0.5, 0.6) is 0 Å². The van der Waals surface area contributed by atoms with E-state index in [4.69, 9.17) is 4.98 Å². The molecule has 1 atom stereocenters. The molecule has 3 aromatic rings. The maximum absolute atomic E-state index is 4.78. The van der Waals surface area contributed by atoms with Gasteiger partial charge in [-0.2, -0.15) is 0 Å². The zero-order chi connectivity index (χ0) is 14.4. The standard InChI is InChI=1S/C16H16N4S/c1-17-16-13-14(20(2)9-18-13)15-11(19-16)8-12(21-15)10-6-4-3-5-7-10/h3-7,9,12H,8H2,1-2H3,(H,17,19). The van der Waals surface area contributed by atoms with Crippen LogP contribution in [0.15, 0.2) is 41.6 Å². The predicted molar refractivity (Wildman–Crippen MR) is 86.8 cm³/mol. The summed E-state index contributed by atoms with van der Waals surface area (Å²) in [4.78, 5) is 10.5. The second-order valence-corrected chi connectivity index (χ2v) is 6.47. The Kier molecular flexibility index (Phi) is 2.89. The van der Waals surface area contributed by atoms with E-state index in [9.17, 15) is 0 Å². The van der Waals surface area contributed by atoms with Crippen LogP contribution in [0.25, 0.3) is 11.0 Å². The van der Waals surface area contributed by atoms with Crippen LogP contribution < -0.4 is 5.32 Å². The molecule has 1 aliphatic heterocycles. The van der Waals surface area contributed by atoms with Crippen LogP contribution in [-0.2, 0) is 13.5 Å². The van der Waals surface area contributed by atoms with Crippen LogP contribution >= 0.6 is 11.8 Å². The van der Waals surface area contributed by atoms with Crippen molar-refractivity contribution in [2.45, 2.75) is 16.6 Å². The van der Waals surface area contributed by atoms with Crippen molar-refractivity contribution >= 4 is 28.6 Å². The number of fused-ring (bicyclic) bond motifs is 3. The Bertz CT molecular complexity index is 810. The Hall–Kier alpha value is -2.01. The van der Waals surface area contributed by atoms with Crippen molar-refractivity contribution in [2.75, 3.05) is 12.4 Å². The van der Waals surface area contributed by atoms with Crippen molar-refractivity contribution in [2.24, 2.45) is 7.05 Å². The summed E-state index contributed by atoms with van der Waals surface area (Å²) in [6.07, 6.45) is 2.84. The fourth-order valence-electron chi connectivity index (χ4n) is 2.90. The van der Waals surface area contributed by atoms with Crippen LogP contribution in [0.2, 0.25) is 0 Å². The zero-order valence-corrected chi connectivity index (χ0v) is 12.8. The van der Waals surface area contributed by atoms with Gasteiger partial charge in [0.1, 0.15) is 5.52 Å². The molecule has 5 heteroatoms. The van der Waals surface area contributed by atoms with E-state index >= 15 is 0 Å². The van der Waals surface area contributed by atoms with Gasteiger partial charge in [-0.05, 0) is 5.56 Å². The van der Waals surface area contributed by atoms with E-state index in [1.807, 2.05) is 32.2 Å². The number of hydrogen-bond donors (Lipinski definition) is 1. The molecule has 0 radical (unpaired) electrons. The molecule has 1 N–H and O–H groups in total. The highest BCUT2D eigenvalue weighted by Crippen LogP contribution is 2.49. The second kappa shape index (κ2) is 4.77. The highest BCUT2D eigenvalue weighted by atomic mass is 32.2. The van der Waals surface area contributed by atoms with Gasteiger partial charge >= 0.3 is 0 Å². The van der Waals surface area contributed by atoms with Crippen molar-refractivity contribution < 1.29 is 0 Å². The number of anilines is 1. The van der Waals surface area contributed by atoms with Crippen LogP contribution in [0.3, 0.4) is 0 Å². The number of imidazole rings is 1. The lowest BCUT2D eigenvalue weighted by molar-refractivity contribution is 0.897. The van der Waals surface area contributed by atoms with Crippen molar-refractivity contribution in [3.8, 4) is 0 Å². The largest absolute Gasteiger partial charge is 0.371 e. The summed E-state index contributed by atoms with van der Waals surface area (Å²) < 4.78 is 2.09. The summed E-state index contributed by atoms with van der Waals surface area (Å²) >= 11 is 1.91. The number of rotatable bonds is 2. The number of aromatic nitrogens is 3. The van der Waals surface area contributed by atoms with Gasteiger partial charge in [0, 0.05) is 25.8 Å². The van der Waals surface area contributed by atoms with E-state index in [-0.39, 0.29) is 0 Å². The molecule has 0 fully saturated rings. The minimum absolute atomic E-state index is 0.443. The molecule has 106 valence electrons. The van der Waals surface area contributed by atoms with Gasteiger partial charge in [0.2, 0.25) is 0 Å². The molecule has 1 aromatic carbocycles. The van der Waals surface area contributed by atoms with E-state index in [1.165, 1.54) is 21.7 Å². The first-order valence-corrected chi connectivity index (χ1v) is 7.89. The van der Waals surface area contributed by atoms with Crippen LogP contribution in [0.4, 0.5) is 5.82 Å². The summed E-state index contributed by atoms with van der Waals surface area (Å²) in [7, 11) is 3.95. The molecule has 2 aromatic heterocycles. The maximum Gasteiger partial charge on any atom is 0.154 e. The van der Waals surface area contributed by atoms with Gasteiger partial charge in [0.15, 0.2) is 5.82 Å². The lowest BCUT2D eigenvalue weighted by atomic mass is 10.1. The Labute approximate surface area is 127 Å². The Morgan fingerprint density at radius 2 is 2.10 bits per heavy atom. The van der Waals surface area contributed by atoms with Crippen molar-refractivity contribution in [1.82, 2.24) is 14.5 Å². The van der Waals surface area contributed by atoms with Gasteiger partial charge in [-0.1, -0.05) is 30.3 Å². The lowest BCUT2D eigenvalue weighted by Gasteiger charge is -2.08. The number of nitrogens with zero attached hydrogens (tertiary/aromatic N) is 3. The molecular weight excluding hydrogens is 280 g/mol. The number of nitrogens with one attached hydrogen (secondary N) is 1. The Morgan fingerprint density at radius 3 is 2.86 bits per heavy atom. The summed E-state index contributed by atoms with van der Waals surface area (Å²) in [5.41, 5.74) is 4.68. The minimum atomic E-state index is 0.443. The Morgan fingerprint density at radius 1 is 1.29 bits per heavy atom. The summed E-state index contributed by atoms with van der Waals surface area (Å²) in [5, 5.41) is 3.61. The molecule has 1 aliphatic rings. The molecule has 1 unspecified atom stereocenters. The van der Waals surface area contributed by atoms with E-state index in [2.05, 4.69) is 45.2 Å². The first kappa shape index (κ1) is 12.7. The number of benzene rings is 1. The minimum Gasteiger partial charge on any atom is -0.371 e. The summed E-state index contributed by atoms with van der Waals surface area (Å²) in [6, 6.07) is 10.7. The van der Waals surface area contributed by atoms with Gasteiger partial charge in [-0.25, -0.2) is 9.97 Å². The average Bonchev–Trinajstić information content (AvgIpc) is 3.11. The summed E-state index contributed by atoms with van der Waals surface area (Å²) in [5.74, 6) is 0.874. The third-order valence-corrected chi connectivity index (χ3v) is 5.32. The number of aryl methyl sites for hydroxylation is 1. The second-order valence-electron chi connectivity index (χ2n) is 5.26. The maximum atomic E-state index is 4.78. The molecule has 3 heterocycles. The Balaban J connectivity index is 1.85. The van der Waals surface area contributed by atoms with E-state index in [0.29, 0.717) is 5.25 Å². The molecule has 21 heavy (non-hydrogen) atoms. The average molecular weight is 296 g/mol. The van der Waals surface area contributed by atoms with E-state index < -0.39 is 0 Å². The number of hydrogen-bond acceptors (Lipinski definition) is 4. The van der Waals surface area contributed by atoms with E-state index in [0.717, 1.165) is 17.8 Å². The fraction of sp³-hybridized carbons (Fsp3) is 0.250. The smallest absolute Gasteiger partial charge is 0.154 e. The van der Waals surface area contributed by atoms with Crippen molar-refractivity contribution in [3.63, 3.8) is 0 Å². The molecule has 0 saturated carbocycles. The fourth-order valence-corrected chi connectivity index (χ4v) is 4.33. The zero-order valence-electron chi connectivity index (χ0n) is 12.0. The first-order chi connectivity index (χ1) is 10.3. The SMILES string of the molecule is CNc1nc2c(c3c1ncn3C)SC(c1ccccc1)C2. The van der Waals surface area contributed by atoms with Gasteiger partial charge in [-0.3, -0.25) is 0 Å². The highest BCUT2D eigenvalue weighted by Gasteiger charge is 2.29. The quantitative estimate of drug-likeness (QED) is 0.787. The van der Waals surface area contributed by atoms with Gasteiger partial charge < -0.3 is 9.88 Å². The molecule has 0 saturated heterocycles. The van der Waals surface area contributed by atoms with Crippen LogP contribution in [0.1, 0.15) is 16.5 Å². The molecule has 4 rings (SSSR count). The number of thioether (sulfide) groups is 1. The first-order valence-electron chi connectivity index (χ1n) is 7.01. The third kappa shape index (κ3) is 1.92. The van der Waals surface area contributed by atoms with Crippen LogP contribution in [0, 0.1) is 0 Å². The molecule has 0 spiro atoms. The van der Waals surface area contributed by atoms with E-state index in [1.54, 1.807) is 0 Å². The molecule has 4 nitrogen and oxygen atoms in total. The van der Waals surface area contributed by atoms with Gasteiger partial charge in [-0.15, -0.1) is 11.8 Å². The monoisotopic (exact) mass is 296 g/mol. The highest BCUT2D eigenvalue weighted by molar-refractivity contribution is 8.00.